The molecule has 1 aliphatic carbocycles. The minimum Gasteiger partial charge on any atom is -0.423 e. The van der Waals surface area contributed by atoms with Gasteiger partial charge in [0.05, 0.1) is 0 Å². The summed E-state index contributed by atoms with van der Waals surface area (Å²) in [5.74, 6) is 0.378. The van der Waals surface area contributed by atoms with Crippen molar-refractivity contribution < 1.29 is 14.4 Å². The SMILES string of the molecule is OB(O)c1cc(F)ccc1CN1CC2CCC1C2. The lowest BCUT2D eigenvalue weighted by atomic mass is 9.76. The summed E-state index contributed by atoms with van der Waals surface area (Å²) in [6, 6.07) is 4.89. The zero-order valence-electron chi connectivity index (χ0n) is 10.2. The average Bonchev–Trinajstić information content (AvgIpc) is 2.93. The maximum absolute atomic E-state index is 13.1. The highest BCUT2D eigenvalue weighted by Gasteiger charge is 2.37. The van der Waals surface area contributed by atoms with Crippen LogP contribution in [0.3, 0.4) is 0 Å². The first-order valence-corrected chi connectivity index (χ1v) is 6.52. The standard InChI is InChI=1S/C13H17BFNO2/c15-11-3-2-10(13(6-11)14(17)18)8-16-7-9-1-4-12(16)5-9/h2-3,6,9,12,17-18H,1,4-5,7-8H2. The van der Waals surface area contributed by atoms with E-state index < -0.39 is 12.9 Å². The number of piperidine rings is 1. The Balaban J connectivity index is 1.80. The molecule has 1 aliphatic heterocycles. The van der Waals surface area contributed by atoms with Crippen LogP contribution in [0.4, 0.5) is 4.39 Å². The fraction of sp³-hybridized carbons (Fsp3) is 0.538. The predicted octanol–water partition coefficient (Wildman–Crippen LogP) is 0.490. The molecule has 1 saturated heterocycles. The molecular formula is C13H17BFNO2. The lowest BCUT2D eigenvalue weighted by molar-refractivity contribution is 0.205. The van der Waals surface area contributed by atoms with Gasteiger partial charge < -0.3 is 10.0 Å². The van der Waals surface area contributed by atoms with Crippen molar-refractivity contribution in [2.24, 2.45) is 5.92 Å². The molecule has 0 spiro atoms. The van der Waals surface area contributed by atoms with Crippen LogP contribution in [0.2, 0.25) is 0 Å². The van der Waals surface area contributed by atoms with Crippen molar-refractivity contribution in [3.8, 4) is 0 Å². The third-order valence-corrected chi connectivity index (χ3v) is 4.28. The maximum atomic E-state index is 13.1. The van der Waals surface area contributed by atoms with Crippen LogP contribution < -0.4 is 5.46 Å². The van der Waals surface area contributed by atoms with E-state index in [-0.39, 0.29) is 5.46 Å². The summed E-state index contributed by atoms with van der Waals surface area (Å²) in [7, 11) is -1.60. The Morgan fingerprint density at radius 1 is 1.33 bits per heavy atom. The summed E-state index contributed by atoms with van der Waals surface area (Å²) >= 11 is 0. The number of fused-ring (bicyclic) bond motifs is 2. The van der Waals surface area contributed by atoms with Gasteiger partial charge in [-0.1, -0.05) is 6.07 Å². The molecule has 1 saturated carbocycles. The highest BCUT2D eigenvalue weighted by Crippen LogP contribution is 2.37. The molecule has 2 bridgehead atoms. The highest BCUT2D eigenvalue weighted by atomic mass is 19.1. The first-order chi connectivity index (χ1) is 8.63. The molecule has 1 heterocycles. The summed E-state index contributed by atoms with van der Waals surface area (Å²) in [6.07, 6.45) is 3.82. The van der Waals surface area contributed by atoms with Gasteiger partial charge in [0, 0.05) is 19.1 Å². The molecule has 1 aromatic carbocycles. The molecule has 2 aliphatic rings. The van der Waals surface area contributed by atoms with Gasteiger partial charge in [-0.3, -0.25) is 4.90 Å². The smallest absolute Gasteiger partial charge is 0.423 e. The lowest BCUT2D eigenvalue weighted by Crippen LogP contribution is -2.38. The number of rotatable bonds is 3. The van der Waals surface area contributed by atoms with Gasteiger partial charge >= 0.3 is 7.12 Å². The van der Waals surface area contributed by atoms with E-state index >= 15 is 0 Å². The van der Waals surface area contributed by atoms with Gasteiger partial charge in [-0.2, -0.15) is 0 Å². The van der Waals surface area contributed by atoms with Crippen molar-refractivity contribution in [3.05, 3.63) is 29.6 Å². The third-order valence-electron chi connectivity index (χ3n) is 4.28. The van der Waals surface area contributed by atoms with Gasteiger partial charge in [-0.25, -0.2) is 4.39 Å². The number of hydrogen-bond acceptors (Lipinski definition) is 3. The van der Waals surface area contributed by atoms with Gasteiger partial charge in [0.15, 0.2) is 0 Å². The van der Waals surface area contributed by atoms with Crippen LogP contribution in [0.25, 0.3) is 0 Å². The van der Waals surface area contributed by atoms with Crippen LogP contribution in [-0.2, 0) is 6.54 Å². The second-order valence-corrected chi connectivity index (χ2v) is 5.48. The molecule has 3 rings (SSSR count). The first-order valence-electron chi connectivity index (χ1n) is 6.52. The lowest BCUT2D eigenvalue weighted by Gasteiger charge is -2.27. The summed E-state index contributed by atoms with van der Waals surface area (Å²) in [5.41, 5.74) is 1.11. The molecule has 2 N–H and O–H groups in total. The molecule has 1 aromatic rings. The van der Waals surface area contributed by atoms with Crippen molar-refractivity contribution in [1.82, 2.24) is 4.90 Å². The van der Waals surface area contributed by atoms with Crippen molar-refractivity contribution >= 4 is 12.6 Å². The molecule has 0 radical (unpaired) electrons. The van der Waals surface area contributed by atoms with Crippen molar-refractivity contribution in [1.29, 1.82) is 0 Å². The summed E-state index contributed by atoms with van der Waals surface area (Å²) in [4.78, 5) is 2.38. The van der Waals surface area contributed by atoms with Crippen LogP contribution in [0, 0.1) is 11.7 Å². The number of benzene rings is 1. The molecule has 2 fully saturated rings. The van der Waals surface area contributed by atoms with Crippen LogP contribution >= 0.6 is 0 Å². The minimum atomic E-state index is -1.60. The Morgan fingerprint density at radius 3 is 2.78 bits per heavy atom. The zero-order chi connectivity index (χ0) is 12.7. The summed E-state index contributed by atoms with van der Waals surface area (Å²) in [6.45, 7) is 1.78. The van der Waals surface area contributed by atoms with Crippen LogP contribution in [-0.4, -0.2) is 34.7 Å². The summed E-state index contributed by atoms with van der Waals surface area (Å²) < 4.78 is 13.1. The van der Waals surface area contributed by atoms with E-state index in [4.69, 9.17) is 0 Å². The third kappa shape index (κ3) is 2.18. The summed E-state index contributed by atoms with van der Waals surface area (Å²) in [5, 5.41) is 18.6. The van der Waals surface area contributed by atoms with Gasteiger partial charge in [-0.05, 0) is 48.3 Å². The molecule has 0 aromatic heterocycles. The largest absolute Gasteiger partial charge is 0.488 e. The number of hydrogen-bond donors (Lipinski definition) is 2. The fourth-order valence-electron chi connectivity index (χ4n) is 3.39. The zero-order valence-corrected chi connectivity index (χ0v) is 10.2. The van der Waals surface area contributed by atoms with Crippen LogP contribution in [0.1, 0.15) is 24.8 Å². The molecule has 2 atom stereocenters. The van der Waals surface area contributed by atoms with Crippen LogP contribution in [0.15, 0.2) is 18.2 Å². The topological polar surface area (TPSA) is 43.7 Å². The van der Waals surface area contributed by atoms with E-state index in [0.717, 1.165) is 18.0 Å². The maximum Gasteiger partial charge on any atom is 0.488 e. The molecular weight excluding hydrogens is 232 g/mol. The molecule has 3 nitrogen and oxygen atoms in total. The van der Waals surface area contributed by atoms with E-state index in [9.17, 15) is 14.4 Å². The minimum absolute atomic E-state index is 0.290. The normalized spacial score (nSPS) is 26.8. The van der Waals surface area contributed by atoms with Crippen molar-refractivity contribution in [2.75, 3.05) is 6.54 Å². The molecule has 0 amide bonds. The molecule has 18 heavy (non-hydrogen) atoms. The highest BCUT2D eigenvalue weighted by molar-refractivity contribution is 6.59. The second kappa shape index (κ2) is 4.65. The van der Waals surface area contributed by atoms with Gasteiger partial charge in [0.2, 0.25) is 0 Å². The van der Waals surface area contributed by atoms with Crippen molar-refractivity contribution in [3.63, 3.8) is 0 Å². The Morgan fingerprint density at radius 2 is 2.17 bits per heavy atom. The Bertz CT molecular complexity index is 455. The Labute approximate surface area is 106 Å². The number of likely N-dealkylation sites (tertiary alicyclic amines) is 1. The van der Waals surface area contributed by atoms with Gasteiger partial charge in [0.1, 0.15) is 5.82 Å². The molecule has 2 unspecified atom stereocenters. The van der Waals surface area contributed by atoms with E-state index in [1.807, 2.05) is 0 Å². The number of nitrogens with zero attached hydrogens (tertiary/aromatic N) is 1. The van der Waals surface area contributed by atoms with E-state index in [1.54, 1.807) is 6.07 Å². The van der Waals surface area contributed by atoms with Gasteiger partial charge in [-0.15, -0.1) is 0 Å². The van der Waals surface area contributed by atoms with Gasteiger partial charge in [0.25, 0.3) is 0 Å². The van der Waals surface area contributed by atoms with Crippen LogP contribution in [0.5, 0.6) is 0 Å². The number of halogens is 1. The first kappa shape index (κ1) is 12.1. The van der Waals surface area contributed by atoms with E-state index in [2.05, 4.69) is 4.90 Å². The predicted molar refractivity (Wildman–Crippen MR) is 67.8 cm³/mol. The quantitative estimate of drug-likeness (QED) is 0.766. The second-order valence-electron chi connectivity index (χ2n) is 5.48. The Kier molecular flexibility index (Phi) is 3.13. The van der Waals surface area contributed by atoms with Crippen molar-refractivity contribution in [2.45, 2.75) is 31.8 Å². The van der Waals surface area contributed by atoms with E-state index in [0.29, 0.717) is 12.6 Å². The molecule has 5 heteroatoms. The fourth-order valence-corrected chi connectivity index (χ4v) is 3.39. The van der Waals surface area contributed by atoms with E-state index in [1.165, 1.54) is 31.4 Å². The molecule has 96 valence electrons. The monoisotopic (exact) mass is 249 g/mol. The Hall–Kier alpha value is -0.905. The average molecular weight is 249 g/mol.